The van der Waals surface area contributed by atoms with Crippen molar-refractivity contribution in [2.75, 3.05) is 13.7 Å². The van der Waals surface area contributed by atoms with Crippen LogP contribution < -0.4 is 15.4 Å². The van der Waals surface area contributed by atoms with Gasteiger partial charge >= 0.3 is 0 Å². The number of halogens is 1. The van der Waals surface area contributed by atoms with Crippen LogP contribution in [0.15, 0.2) is 54.6 Å². The molecule has 3 aromatic rings. The number of nitrogens with zero attached hydrogens (tertiary/aromatic N) is 2. The molecule has 0 fully saturated rings. The lowest BCUT2D eigenvalue weighted by Gasteiger charge is -2.25. The molecule has 1 aromatic heterocycles. The van der Waals surface area contributed by atoms with Crippen LogP contribution in [0, 0.1) is 0 Å². The molecule has 1 atom stereocenters. The predicted octanol–water partition coefficient (Wildman–Crippen LogP) is 3.24. The van der Waals surface area contributed by atoms with Gasteiger partial charge in [-0.3, -0.25) is 10.1 Å². The van der Waals surface area contributed by atoms with Crippen LogP contribution in [0.2, 0.25) is 5.02 Å². The molecule has 1 amide bonds. The number of rotatable bonds is 5. The summed E-state index contributed by atoms with van der Waals surface area (Å²) in [6.07, 6.45) is -0.132. The highest BCUT2D eigenvalue weighted by atomic mass is 35.5. The second-order valence-corrected chi connectivity index (χ2v) is 6.76. The van der Waals surface area contributed by atoms with Crippen molar-refractivity contribution < 1.29 is 9.53 Å². The Bertz CT molecular complexity index is 968. The zero-order chi connectivity index (χ0) is 18.8. The van der Waals surface area contributed by atoms with Crippen molar-refractivity contribution in [3.8, 4) is 17.0 Å². The van der Waals surface area contributed by atoms with E-state index < -0.39 is 0 Å². The van der Waals surface area contributed by atoms with Gasteiger partial charge in [0.1, 0.15) is 17.6 Å². The standard InChI is InChI=1S/C20H19ClN4O2/c1-27-16-4-2-3-14(9-16)17-10-18-20(26)23-12-19(25(18)24-17)22-11-13-5-7-15(21)8-6-13/h2-10,19,22H,11-12H2,1H3,(H,23,26)/t19-/m1/s1. The Morgan fingerprint density at radius 1 is 1.26 bits per heavy atom. The summed E-state index contributed by atoms with van der Waals surface area (Å²) in [6.45, 7) is 1.12. The number of aromatic nitrogens is 2. The molecule has 138 valence electrons. The monoisotopic (exact) mass is 382 g/mol. The van der Waals surface area contributed by atoms with Crippen LogP contribution in [0.4, 0.5) is 0 Å². The molecule has 27 heavy (non-hydrogen) atoms. The molecule has 7 heteroatoms. The first kappa shape index (κ1) is 17.6. The van der Waals surface area contributed by atoms with Gasteiger partial charge in [-0.25, -0.2) is 4.68 Å². The van der Waals surface area contributed by atoms with E-state index in [0.29, 0.717) is 23.8 Å². The van der Waals surface area contributed by atoms with E-state index in [1.54, 1.807) is 17.9 Å². The molecule has 0 saturated heterocycles. The van der Waals surface area contributed by atoms with Crippen LogP contribution in [0.3, 0.4) is 0 Å². The van der Waals surface area contributed by atoms with E-state index in [-0.39, 0.29) is 12.1 Å². The Kier molecular flexibility index (Phi) is 4.83. The van der Waals surface area contributed by atoms with Crippen LogP contribution in [0.1, 0.15) is 22.2 Å². The molecule has 0 bridgehead atoms. The molecular weight excluding hydrogens is 364 g/mol. The van der Waals surface area contributed by atoms with Gasteiger partial charge in [0, 0.05) is 17.1 Å². The summed E-state index contributed by atoms with van der Waals surface area (Å²) < 4.78 is 7.03. The maximum absolute atomic E-state index is 12.3. The Morgan fingerprint density at radius 2 is 2.07 bits per heavy atom. The van der Waals surface area contributed by atoms with E-state index in [1.165, 1.54) is 0 Å². The number of nitrogens with one attached hydrogen (secondary N) is 2. The Morgan fingerprint density at radius 3 is 2.85 bits per heavy atom. The summed E-state index contributed by atoms with van der Waals surface area (Å²) in [4.78, 5) is 12.3. The summed E-state index contributed by atoms with van der Waals surface area (Å²) in [5.41, 5.74) is 3.28. The summed E-state index contributed by atoms with van der Waals surface area (Å²) >= 11 is 5.94. The number of amides is 1. The predicted molar refractivity (Wildman–Crippen MR) is 104 cm³/mol. The van der Waals surface area contributed by atoms with Gasteiger partial charge in [-0.15, -0.1) is 0 Å². The Balaban J connectivity index is 1.59. The molecule has 6 nitrogen and oxygen atoms in total. The summed E-state index contributed by atoms with van der Waals surface area (Å²) in [6, 6.07) is 17.1. The van der Waals surface area contributed by atoms with E-state index in [2.05, 4.69) is 15.7 Å². The molecule has 0 spiro atoms. The van der Waals surface area contributed by atoms with Crippen molar-refractivity contribution in [3.63, 3.8) is 0 Å². The summed E-state index contributed by atoms with van der Waals surface area (Å²) in [5, 5.41) is 11.7. The Hall–Kier alpha value is -2.83. The van der Waals surface area contributed by atoms with Gasteiger partial charge in [-0.05, 0) is 35.9 Å². The summed E-state index contributed by atoms with van der Waals surface area (Å²) in [7, 11) is 1.63. The van der Waals surface area contributed by atoms with Gasteiger partial charge in [-0.1, -0.05) is 35.9 Å². The highest BCUT2D eigenvalue weighted by molar-refractivity contribution is 6.30. The average molecular weight is 383 g/mol. The van der Waals surface area contributed by atoms with Gasteiger partial charge in [0.2, 0.25) is 0 Å². The lowest BCUT2D eigenvalue weighted by atomic mass is 10.1. The minimum atomic E-state index is -0.132. The lowest BCUT2D eigenvalue weighted by molar-refractivity contribution is 0.0900. The SMILES string of the molecule is COc1cccc(-c2cc3n(n2)[C@@H](NCc2ccc(Cl)cc2)CNC3=O)c1. The van der Waals surface area contributed by atoms with Crippen LogP contribution in [0.5, 0.6) is 5.75 Å². The molecule has 2 N–H and O–H groups in total. The number of hydrogen-bond donors (Lipinski definition) is 2. The molecule has 1 aliphatic rings. The van der Waals surface area contributed by atoms with E-state index in [1.807, 2.05) is 48.5 Å². The van der Waals surface area contributed by atoms with Gasteiger partial charge in [0.25, 0.3) is 5.91 Å². The number of ether oxygens (including phenoxy) is 1. The number of carbonyl (C=O) groups excluding carboxylic acids is 1. The molecule has 4 rings (SSSR count). The second-order valence-electron chi connectivity index (χ2n) is 6.32. The quantitative estimate of drug-likeness (QED) is 0.710. The third kappa shape index (κ3) is 3.67. The fraction of sp³-hybridized carbons (Fsp3) is 0.200. The molecule has 1 aliphatic heterocycles. The van der Waals surface area contributed by atoms with Crippen LogP contribution in [-0.2, 0) is 6.54 Å². The van der Waals surface area contributed by atoms with Crippen LogP contribution in [-0.4, -0.2) is 29.3 Å². The first-order valence-electron chi connectivity index (χ1n) is 8.64. The first-order chi connectivity index (χ1) is 13.1. The zero-order valence-corrected chi connectivity index (χ0v) is 15.5. The lowest BCUT2D eigenvalue weighted by Crippen LogP contribution is -2.45. The highest BCUT2D eigenvalue weighted by Crippen LogP contribution is 2.26. The first-order valence-corrected chi connectivity index (χ1v) is 9.02. The molecular formula is C20H19ClN4O2. The molecule has 2 heterocycles. The maximum atomic E-state index is 12.3. The minimum absolute atomic E-state index is 0.124. The highest BCUT2D eigenvalue weighted by Gasteiger charge is 2.27. The number of carbonyl (C=O) groups is 1. The van der Waals surface area contributed by atoms with Gasteiger partial charge in [0.15, 0.2) is 0 Å². The number of benzene rings is 2. The fourth-order valence-electron chi connectivity index (χ4n) is 3.09. The maximum Gasteiger partial charge on any atom is 0.269 e. The summed E-state index contributed by atoms with van der Waals surface area (Å²) in [5.74, 6) is 0.626. The van der Waals surface area contributed by atoms with E-state index in [4.69, 9.17) is 16.3 Å². The zero-order valence-electron chi connectivity index (χ0n) is 14.8. The topological polar surface area (TPSA) is 68.2 Å². The largest absolute Gasteiger partial charge is 0.497 e. The molecule has 0 aliphatic carbocycles. The smallest absolute Gasteiger partial charge is 0.269 e. The third-order valence-electron chi connectivity index (χ3n) is 4.54. The van der Waals surface area contributed by atoms with Crippen molar-refractivity contribution in [1.29, 1.82) is 0 Å². The van der Waals surface area contributed by atoms with Gasteiger partial charge in [0.05, 0.1) is 19.3 Å². The third-order valence-corrected chi connectivity index (χ3v) is 4.79. The van der Waals surface area contributed by atoms with Gasteiger partial charge in [-0.2, -0.15) is 5.10 Å². The fourth-order valence-corrected chi connectivity index (χ4v) is 3.21. The van der Waals surface area contributed by atoms with Crippen molar-refractivity contribution in [2.24, 2.45) is 0 Å². The van der Waals surface area contributed by atoms with E-state index in [9.17, 15) is 4.79 Å². The Labute approximate surface area is 162 Å². The normalized spacial score (nSPS) is 15.9. The average Bonchev–Trinajstić information content (AvgIpc) is 3.15. The minimum Gasteiger partial charge on any atom is -0.497 e. The second kappa shape index (κ2) is 7.42. The van der Waals surface area contributed by atoms with Gasteiger partial charge < -0.3 is 10.1 Å². The number of methoxy groups -OCH3 is 1. The van der Waals surface area contributed by atoms with Crippen molar-refractivity contribution >= 4 is 17.5 Å². The van der Waals surface area contributed by atoms with Crippen molar-refractivity contribution in [3.05, 3.63) is 70.9 Å². The molecule has 2 aromatic carbocycles. The van der Waals surface area contributed by atoms with Crippen molar-refractivity contribution in [2.45, 2.75) is 12.7 Å². The van der Waals surface area contributed by atoms with Crippen LogP contribution in [0.25, 0.3) is 11.3 Å². The number of fused-ring (bicyclic) bond motifs is 1. The number of hydrogen-bond acceptors (Lipinski definition) is 4. The van der Waals surface area contributed by atoms with E-state index in [0.717, 1.165) is 22.6 Å². The molecule has 0 radical (unpaired) electrons. The van der Waals surface area contributed by atoms with E-state index >= 15 is 0 Å². The van der Waals surface area contributed by atoms with Crippen LogP contribution >= 0.6 is 11.6 Å². The van der Waals surface area contributed by atoms with Crippen molar-refractivity contribution in [1.82, 2.24) is 20.4 Å². The molecule has 0 unspecified atom stereocenters. The molecule has 0 saturated carbocycles.